The van der Waals surface area contributed by atoms with Crippen molar-refractivity contribution >= 4 is 5.91 Å². The average molecular weight is 332 g/mol. The molecule has 0 radical (unpaired) electrons. The van der Waals surface area contributed by atoms with Crippen LogP contribution in [0.5, 0.6) is 11.5 Å². The van der Waals surface area contributed by atoms with Crippen molar-refractivity contribution in [3.05, 3.63) is 29.7 Å². The molecule has 0 bridgehead atoms. The van der Waals surface area contributed by atoms with Gasteiger partial charge in [-0.25, -0.2) is 4.98 Å². The maximum atomic E-state index is 12.0. The molecule has 3 rings (SSSR count). The first-order chi connectivity index (χ1) is 11.6. The summed E-state index contributed by atoms with van der Waals surface area (Å²) in [5.74, 6) is 1.31. The molecule has 1 atom stereocenters. The van der Waals surface area contributed by atoms with E-state index >= 15 is 0 Å². The highest BCUT2D eigenvalue weighted by atomic mass is 16.5. The molecule has 1 saturated heterocycles. The van der Waals surface area contributed by atoms with Crippen LogP contribution in [0.4, 0.5) is 0 Å². The van der Waals surface area contributed by atoms with E-state index in [1.807, 2.05) is 0 Å². The Balaban J connectivity index is 1.71. The highest BCUT2D eigenvalue weighted by molar-refractivity contribution is 5.80. The summed E-state index contributed by atoms with van der Waals surface area (Å²) in [4.78, 5) is 16.4. The monoisotopic (exact) mass is 332 g/mol. The van der Waals surface area contributed by atoms with Crippen molar-refractivity contribution in [2.75, 3.05) is 13.7 Å². The van der Waals surface area contributed by atoms with Crippen LogP contribution in [-0.2, 0) is 16.1 Å². The first kappa shape index (κ1) is 16.3. The minimum atomic E-state index is -0.363. The predicted octanol–water partition coefficient (Wildman–Crippen LogP) is 2.16. The number of carbonyl (C=O) groups is 1. The molecular weight excluding hydrogens is 312 g/mol. The van der Waals surface area contributed by atoms with E-state index in [0.29, 0.717) is 35.3 Å². The fourth-order valence-electron chi connectivity index (χ4n) is 2.60. The summed E-state index contributed by atoms with van der Waals surface area (Å²) in [5, 5.41) is 12.5. The number of hydrogen-bond acceptors (Lipinski definition) is 6. The Kier molecular flexibility index (Phi) is 4.71. The van der Waals surface area contributed by atoms with Gasteiger partial charge in [0.2, 0.25) is 11.8 Å². The third-order valence-electron chi connectivity index (χ3n) is 3.97. The lowest BCUT2D eigenvalue weighted by Gasteiger charge is -2.09. The number of aryl methyl sites for hydroxylation is 1. The molecule has 24 heavy (non-hydrogen) atoms. The average Bonchev–Trinajstić information content (AvgIpc) is 3.23. The summed E-state index contributed by atoms with van der Waals surface area (Å²) in [6, 6.07) is 4.86. The number of phenolic OH excluding ortho intramolecular Hbond substituents is 1. The number of methoxy groups -OCH3 is 1. The fourth-order valence-corrected chi connectivity index (χ4v) is 2.60. The molecule has 0 unspecified atom stereocenters. The lowest BCUT2D eigenvalue weighted by atomic mass is 10.2. The maximum absolute atomic E-state index is 12.0. The van der Waals surface area contributed by atoms with Crippen LogP contribution in [0.15, 0.2) is 22.6 Å². The van der Waals surface area contributed by atoms with Gasteiger partial charge in [-0.05, 0) is 38.0 Å². The van der Waals surface area contributed by atoms with Gasteiger partial charge < -0.3 is 24.3 Å². The van der Waals surface area contributed by atoms with Gasteiger partial charge in [0, 0.05) is 12.2 Å². The molecule has 1 aliphatic rings. The number of ether oxygens (including phenoxy) is 2. The molecule has 128 valence electrons. The molecule has 1 aromatic carbocycles. The number of benzene rings is 1. The van der Waals surface area contributed by atoms with Crippen molar-refractivity contribution < 1.29 is 23.8 Å². The number of oxazole rings is 1. The smallest absolute Gasteiger partial charge is 0.249 e. The third-order valence-corrected chi connectivity index (χ3v) is 3.97. The number of hydrogen-bond donors (Lipinski definition) is 2. The second kappa shape index (κ2) is 6.92. The lowest BCUT2D eigenvalue weighted by Crippen LogP contribution is -2.33. The van der Waals surface area contributed by atoms with Gasteiger partial charge in [-0.1, -0.05) is 0 Å². The normalized spacial score (nSPS) is 17.0. The minimum Gasteiger partial charge on any atom is -0.504 e. The zero-order valence-electron chi connectivity index (χ0n) is 13.7. The first-order valence-corrected chi connectivity index (χ1v) is 7.81. The number of nitrogens with one attached hydrogen (secondary N) is 1. The Morgan fingerprint density at radius 2 is 2.33 bits per heavy atom. The van der Waals surface area contributed by atoms with Crippen LogP contribution in [0.25, 0.3) is 11.5 Å². The molecule has 2 aromatic rings. The van der Waals surface area contributed by atoms with E-state index < -0.39 is 0 Å². The van der Waals surface area contributed by atoms with Gasteiger partial charge in [-0.15, -0.1) is 0 Å². The van der Waals surface area contributed by atoms with Gasteiger partial charge in [0.1, 0.15) is 17.6 Å². The number of phenols is 1. The van der Waals surface area contributed by atoms with E-state index in [-0.39, 0.29) is 24.3 Å². The van der Waals surface area contributed by atoms with Crippen LogP contribution in [0.1, 0.15) is 24.3 Å². The molecule has 7 heteroatoms. The van der Waals surface area contributed by atoms with Gasteiger partial charge in [0.25, 0.3) is 0 Å². The Labute approximate surface area is 139 Å². The van der Waals surface area contributed by atoms with Crippen molar-refractivity contribution in [3.8, 4) is 23.0 Å². The van der Waals surface area contributed by atoms with E-state index in [1.165, 1.54) is 13.2 Å². The molecular formula is C17H20N2O5. The van der Waals surface area contributed by atoms with Gasteiger partial charge in [0.05, 0.1) is 13.7 Å². The molecule has 1 aliphatic heterocycles. The number of aromatic nitrogens is 1. The van der Waals surface area contributed by atoms with E-state index in [2.05, 4.69) is 10.3 Å². The van der Waals surface area contributed by atoms with E-state index in [0.717, 1.165) is 12.8 Å². The summed E-state index contributed by atoms with van der Waals surface area (Å²) in [6.07, 6.45) is 1.30. The molecule has 1 amide bonds. The summed E-state index contributed by atoms with van der Waals surface area (Å²) in [6.45, 7) is 2.71. The molecule has 1 fully saturated rings. The zero-order chi connectivity index (χ0) is 17.1. The summed E-state index contributed by atoms with van der Waals surface area (Å²) >= 11 is 0. The van der Waals surface area contributed by atoms with Crippen molar-refractivity contribution in [2.45, 2.75) is 32.4 Å². The van der Waals surface area contributed by atoms with Crippen LogP contribution < -0.4 is 10.1 Å². The van der Waals surface area contributed by atoms with Crippen molar-refractivity contribution in [1.82, 2.24) is 10.3 Å². The van der Waals surface area contributed by atoms with E-state index in [1.54, 1.807) is 19.1 Å². The topological polar surface area (TPSA) is 93.8 Å². The predicted molar refractivity (Wildman–Crippen MR) is 85.7 cm³/mol. The number of aromatic hydroxyl groups is 1. The van der Waals surface area contributed by atoms with E-state index in [9.17, 15) is 9.90 Å². The van der Waals surface area contributed by atoms with Crippen LogP contribution in [0.2, 0.25) is 0 Å². The van der Waals surface area contributed by atoms with Crippen LogP contribution in [0, 0.1) is 6.92 Å². The first-order valence-electron chi connectivity index (χ1n) is 7.81. The van der Waals surface area contributed by atoms with Crippen molar-refractivity contribution in [1.29, 1.82) is 0 Å². The summed E-state index contributed by atoms with van der Waals surface area (Å²) in [7, 11) is 1.48. The van der Waals surface area contributed by atoms with Crippen molar-refractivity contribution in [2.24, 2.45) is 0 Å². The van der Waals surface area contributed by atoms with Gasteiger partial charge >= 0.3 is 0 Å². The zero-order valence-corrected chi connectivity index (χ0v) is 13.7. The largest absolute Gasteiger partial charge is 0.504 e. The van der Waals surface area contributed by atoms with Gasteiger partial charge in [-0.2, -0.15) is 0 Å². The Morgan fingerprint density at radius 3 is 3.04 bits per heavy atom. The van der Waals surface area contributed by atoms with Crippen LogP contribution >= 0.6 is 0 Å². The van der Waals surface area contributed by atoms with Crippen LogP contribution in [-0.4, -0.2) is 35.8 Å². The molecule has 2 heterocycles. The number of rotatable bonds is 5. The lowest BCUT2D eigenvalue weighted by molar-refractivity contribution is -0.130. The molecule has 0 spiro atoms. The number of nitrogens with zero attached hydrogens (tertiary/aromatic N) is 1. The summed E-state index contributed by atoms with van der Waals surface area (Å²) < 4.78 is 16.1. The highest BCUT2D eigenvalue weighted by Crippen LogP contribution is 2.31. The van der Waals surface area contributed by atoms with Gasteiger partial charge in [0.15, 0.2) is 11.5 Å². The SMILES string of the molecule is COc1cc(-c2nc(CNC(=O)[C@H]3CCCO3)c(C)o2)ccc1O. The third kappa shape index (κ3) is 3.35. The number of amides is 1. The molecule has 7 nitrogen and oxygen atoms in total. The highest BCUT2D eigenvalue weighted by Gasteiger charge is 2.23. The molecule has 2 N–H and O–H groups in total. The maximum Gasteiger partial charge on any atom is 0.249 e. The Bertz CT molecular complexity index is 735. The van der Waals surface area contributed by atoms with Crippen LogP contribution in [0.3, 0.4) is 0 Å². The Hall–Kier alpha value is -2.54. The summed E-state index contributed by atoms with van der Waals surface area (Å²) in [5.41, 5.74) is 1.34. The minimum absolute atomic E-state index is 0.0496. The second-order valence-electron chi connectivity index (χ2n) is 5.63. The molecule has 0 saturated carbocycles. The molecule has 1 aromatic heterocycles. The van der Waals surface area contributed by atoms with Gasteiger partial charge in [-0.3, -0.25) is 4.79 Å². The Morgan fingerprint density at radius 1 is 1.50 bits per heavy atom. The number of carbonyl (C=O) groups excluding carboxylic acids is 1. The van der Waals surface area contributed by atoms with Crippen molar-refractivity contribution in [3.63, 3.8) is 0 Å². The standard InChI is InChI=1S/C17H20N2O5/c1-10-12(9-18-16(21)14-4-3-7-23-14)19-17(24-10)11-5-6-13(20)15(8-11)22-2/h5-6,8,14,20H,3-4,7,9H2,1-2H3,(H,18,21)/t14-/m1/s1. The van der Waals surface area contributed by atoms with E-state index in [4.69, 9.17) is 13.9 Å². The fraction of sp³-hybridized carbons (Fsp3) is 0.412. The molecule has 0 aliphatic carbocycles. The quantitative estimate of drug-likeness (QED) is 0.871. The second-order valence-corrected chi connectivity index (χ2v) is 5.63.